The maximum atomic E-state index is 5.40. The second-order valence-electron chi connectivity index (χ2n) is 3.45. The molecule has 0 aliphatic heterocycles. The predicted molar refractivity (Wildman–Crippen MR) is 72.7 cm³/mol. The van der Waals surface area contributed by atoms with Crippen molar-refractivity contribution in [2.45, 2.75) is 47.3 Å². The Labute approximate surface area is 105 Å². The molecule has 0 spiro atoms. The van der Waals surface area contributed by atoms with E-state index in [-0.39, 0.29) is 0 Å². The summed E-state index contributed by atoms with van der Waals surface area (Å²) in [6.07, 6.45) is 0.446. The molecule has 0 aromatic heterocycles. The molecule has 0 bridgehead atoms. The fraction of sp³-hybridized carbons (Fsp3) is 1.00. The van der Waals surface area contributed by atoms with E-state index in [9.17, 15) is 0 Å². The van der Waals surface area contributed by atoms with Crippen molar-refractivity contribution < 1.29 is 17.7 Å². The SMILES string of the molecule is CC(C)O[SiH3].CCO[Si](C)(OCC)OCC. The van der Waals surface area contributed by atoms with Crippen LogP contribution in [0.2, 0.25) is 6.55 Å². The van der Waals surface area contributed by atoms with Crippen LogP contribution in [0.5, 0.6) is 0 Å². The molecule has 0 aliphatic carbocycles. The van der Waals surface area contributed by atoms with Crippen LogP contribution in [-0.2, 0) is 17.7 Å². The van der Waals surface area contributed by atoms with Gasteiger partial charge in [0, 0.05) is 32.5 Å². The van der Waals surface area contributed by atoms with E-state index in [2.05, 4.69) is 0 Å². The molecule has 16 heavy (non-hydrogen) atoms. The van der Waals surface area contributed by atoms with E-state index in [0.717, 1.165) is 10.5 Å². The molecule has 0 N–H and O–H groups in total. The minimum Gasteiger partial charge on any atom is -0.426 e. The van der Waals surface area contributed by atoms with Gasteiger partial charge >= 0.3 is 8.80 Å². The van der Waals surface area contributed by atoms with Crippen molar-refractivity contribution in [3.05, 3.63) is 0 Å². The lowest BCUT2D eigenvalue weighted by atomic mass is 10.5. The van der Waals surface area contributed by atoms with Gasteiger partial charge in [-0.05, 0) is 34.6 Å². The van der Waals surface area contributed by atoms with E-state index < -0.39 is 8.80 Å². The van der Waals surface area contributed by atoms with Gasteiger partial charge in [0.05, 0.1) is 0 Å². The lowest BCUT2D eigenvalue weighted by Gasteiger charge is -2.23. The van der Waals surface area contributed by atoms with Gasteiger partial charge in [-0.25, -0.2) is 0 Å². The van der Waals surface area contributed by atoms with Gasteiger partial charge in [-0.1, -0.05) is 0 Å². The molecule has 4 nitrogen and oxygen atoms in total. The smallest absolute Gasteiger partial charge is 0.426 e. The quantitative estimate of drug-likeness (QED) is 0.653. The highest BCUT2D eigenvalue weighted by Crippen LogP contribution is 2.08. The zero-order chi connectivity index (χ0) is 13.0. The van der Waals surface area contributed by atoms with Crippen LogP contribution in [0.3, 0.4) is 0 Å². The first kappa shape index (κ1) is 18.6. The summed E-state index contributed by atoms with van der Waals surface area (Å²) in [5.74, 6) is 0. The summed E-state index contributed by atoms with van der Waals surface area (Å²) in [5.41, 5.74) is 0. The van der Waals surface area contributed by atoms with Crippen LogP contribution in [-0.4, -0.2) is 45.2 Å². The number of hydrogen-bond acceptors (Lipinski definition) is 4. The third kappa shape index (κ3) is 12.3. The molecule has 0 aliphatic rings. The van der Waals surface area contributed by atoms with E-state index >= 15 is 0 Å². The first-order valence-corrected chi connectivity index (χ1v) is 8.94. The van der Waals surface area contributed by atoms with Gasteiger partial charge in [0.15, 0.2) is 0 Å². The molecule has 0 heterocycles. The Morgan fingerprint density at radius 1 is 0.938 bits per heavy atom. The highest BCUT2D eigenvalue weighted by molar-refractivity contribution is 6.59. The van der Waals surface area contributed by atoms with Crippen molar-refractivity contribution in [3.8, 4) is 0 Å². The minimum absolute atomic E-state index is 0.446. The van der Waals surface area contributed by atoms with Gasteiger partial charge in [-0.2, -0.15) is 0 Å². The van der Waals surface area contributed by atoms with Crippen LogP contribution in [0.4, 0.5) is 0 Å². The summed E-state index contributed by atoms with van der Waals surface area (Å²) in [6.45, 7) is 13.8. The van der Waals surface area contributed by atoms with Crippen LogP contribution in [0.1, 0.15) is 34.6 Å². The van der Waals surface area contributed by atoms with E-state index in [0.29, 0.717) is 25.9 Å². The zero-order valence-electron chi connectivity index (χ0n) is 11.8. The molecule has 100 valence electrons. The number of hydrogen-bond donors (Lipinski definition) is 0. The van der Waals surface area contributed by atoms with Crippen molar-refractivity contribution in [2.24, 2.45) is 0 Å². The van der Waals surface area contributed by atoms with Gasteiger partial charge in [0.1, 0.15) is 10.5 Å². The van der Waals surface area contributed by atoms with Crippen LogP contribution < -0.4 is 0 Å². The first-order chi connectivity index (χ1) is 7.45. The van der Waals surface area contributed by atoms with Crippen molar-refractivity contribution in [2.75, 3.05) is 19.8 Å². The van der Waals surface area contributed by atoms with Gasteiger partial charge in [0.2, 0.25) is 0 Å². The standard InChI is InChI=1S/C7H18O3Si.C3H10OSi/c1-5-8-11(4,9-6-2)10-7-3;1-3(2)4-5/h5-7H2,1-4H3;3H,1-2,5H3. The van der Waals surface area contributed by atoms with E-state index in [4.69, 9.17) is 17.7 Å². The normalized spacial score (nSPS) is 11.4. The van der Waals surface area contributed by atoms with Crippen LogP contribution in [0, 0.1) is 0 Å². The van der Waals surface area contributed by atoms with Gasteiger partial charge in [-0.3, -0.25) is 0 Å². The molecular weight excluding hydrogens is 240 g/mol. The Balaban J connectivity index is 0. The molecule has 0 atom stereocenters. The zero-order valence-corrected chi connectivity index (χ0v) is 14.8. The molecule has 0 fully saturated rings. The monoisotopic (exact) mass is 268 g/mol. The third-order valence-corrected chi connectivity index (χ3v) is 5.07. The van der Waals surface area contributed by atoms with Gasteiger partial charge in [0.25, 0.3) is 0 Å². The highest BCUT2D eigenvalue weighted by atomic mass is 28.4. The van der Waals surface area contributed by atoms with Crippen LogP contribution in [0.15, 0.2) is 0 Å². The molecule has 0 saturated heterocycles. The maximum absolute atomic E-state index is 5.40. The molecule has 0 unspecified atom stereocenters. The van der Waals surface area contributed by atoms with E-state index in [1.54, 1.807) is 0 Å². The molecule has 0 aromatic rings. The third-order valence-electron chi connectivity index (χ3n) is 1.69. The molecule has 0 rings (SSSR count). The van der Waals surface area contributed by atoms with Crippen LogP contribution >= 0.6 is 0 Å². The van der Waals surface area contributed by atoms with Crippen molar-refractivity contribution in [1.82, 2.24) is 0 Å². The Morgan fingerprint density at radius 2 is 1.19 bits per heavy atom. The van der Waals surface area contributed by atoms with Gasteiger partial charge < -0.3 is 17.7 Å². The summed E-state index contributed by atoms with van der Waals surface area (Å²) in [5, 5.41) is 0. The van der Waals surface area contributed by atoms with Crippen molar-refractivity contribution >= 4 is 19.3 Å². The summed E-state index contributed by atoms with van der Waals surface area (Å²) < 4.78 is 21.1. The van der Waals surface area contributed by atoms with Crippen molar-refractivity contribution in [1.29, 1.82) is 0 Å². The minimum atomic E-state index is -2.25. The molecule has 0 aromatic carbocycles. The predicted octanol–water partition coefficient (Wildman–Crippen LogP) is 1.36. The Bertz CT molecular complexity index is 128. The summed E-state index contributed by atoms with van der Waals surface area (Å²) in [6, 6.07) is 0. The molecule has 0 amide bonds. The summed E-state index contributed by atoms with van der Waals surface area (Å²) in [4.78, 5) is 0. The molecular formula is C10H28O4Si2. The highest BCUT2D eigenvalue weighted by Gasteiger charge is 2.32. The van der Waals surface area contributed by atoms with Crippen LogP contribution in [0.25, 0.3) is 0 Å². The molecule has 6 heteroatoms. The molecule has 0 saturated carbocycles. The van der Waals surface area contributed by atoms with E-state index in [1.807, 2.05) is 41.2 Å². The van der Waals surface area contributed by atoms with Crippen molar-refractivity contribution in [3.63, 3.8) is 0 Å². The average Bonchev–Trinajstić information content (AvgIpc) is 2.19. The largest absolute Gasteiger partial charge is 0.497 e. The van der Waals surface area contributed by atoms with Gasteiger partial charge in [-0.15, -0.1) is 0 Å². The Kier molecular flexibility index (Phi) is 13.7. The fourth-order valence-electron chi connectivity index (χ4n) is 0.912. The lowest BCUT2D eigenvalue weighted by molar-refractivity contribution is 0.0783. The summed E-state index contributed by atoms with van der Waals surface area (Å²) in [7, 11) is -1.38. The van der Waals surface area contributed by atoms with E-state index in [1.165, 1.54) is 0 Å². The Hall–Kier alpha value is 0.274. The summed E-state index contributed by atoms with van der Waals surface area (Å²) >= 11 is 0. The Morgan fingerprint density at radius 3 is 1.31 bits per heavy atom. The topological polar surface area (TPSA) is 36.9 Å². The second kappa shape index (κ2) is 11.8. The molecule has 0 radical (unpaired) electrons. The lowest BCUT2D eigenvalue weighted by Crippen LogP contribution is -2.42. The average molecular weight is 269 g/mol. The first-order valence-electron chi connectivity index (χ1n) is 5.90. The number of rotatable bonds is 7. The second-order valence-corrected chi connectivity index (χ2v) is 6.51. The maximum Gasteiger partial charge on any atom is 0.497 e. The fourth-order valence-corrected chi connectivity index (χ4v) is 2.73.